The van der Waals surface area contributed by atoms with E-state index in [1.54, 1.807) is 12.1 Å². The van der Waals surface area contributed by atoms with Crippen molar-refractivity contribution in [2.45, 2.75) is 44.2 Å². The standard InChI is InChI=1S/C18H24N2O3/c1-12(2)20-16(21)14-7-5-4-6-13(14)15(17(22)23)18(20)8-10-19(3)11-9-18/h4-7,12,15H,8-11H2,1-3H3,(H,22,23). The van der Waals surface area contributed by atoms with E-state index in [0.29, 0.717) is 24.0 Å². The highest BCUT2D eigenvalue weighted by Gasteiger charge is 2.56. The number of piperidine rings is 1. The largest absolute Gasteiger partial charge is 0.481 e. The van der Waals surface area contributed by atoms with E-state index in [2.05, 4.69) is 4.90 Å². The summed E-state index contributed by atoms with van der Waals surface area (Å²) in [4.78, 5) is 29.3. The van der Waals surface area contributed by atoms with E-state index in [1.165, 1.54) is 0 Å². The maximum atomic E-state index is 13.1. The molecule has 0 saturated carbocycles. The second kappa shape index (κ2) is 5.64. The summed E-state index contributed by atoms with van der Waals surface area (Å²) in [6, 6.07) is 7.17. The fourth-order valence-corrected chi connectivity index (χ4v) is 4.35. The summed E-state index contributed by atoms with van der Waals surface area (Å²) < 4.78 is 0. The first-order valence-electron chi connectivity index (χ1n) is 8.22. The molecule has 5 nitrogen and oxygen atoms in total. The number of carbonyl (C=O) groups excluding carboxylic acids is 1. The SMILES string of the molecule is CC(C)N1C(=O)c2ccccc2C(C(=O)O)C12CCN(C)CC2. The van der Waals surface area contributed by atoms with Gasteiger partial charge in [-0.2, -0.15) is 0 Å². The predicted octanol–water partition coefficient (Wildman–Crippen LogP) is 2.18. The number of benzene rings is 1. The van der Waals surface area contributed by atoms with Gasteiger partial charge in [0.25, 0.3) is 5.91 Å². The van der Waals surface area contributed by atoms with Crippen molar-refractivity contribution < 1.29 is 14.7 Å². The van der Waals surface area contributed by atoms with Gasteiger partial charge in [0.15, 0.2) is 0 Å². The molecule has 1 saturated heterocycles. The average molecular weight is 316 g/mol. The number of likely N-dealkylation sites (tertiary alicyclic amines) is 1. The van der Waals surface area contributed by atoms with E-state index in [-0.39, 0.29) is 11.9 Å². The Balaban J connectivity index is 2.21. The van der Waals surface area contributed by atoms with Crippen LogP contribution in [0.5, 0.6) is 0 Å². The Kier molecular flexibility index (Phi) is 3.92. The van der Waals surface area contributed by atoms with Crippen molar-refractivity contribution in [3.05, 3.63) is 35.4 Å². The minimum atomic E-state index is -0.833. The van der Waals surface area contributed by atoms with Crippen molar-refractivity contribution >= 4 is 11.9 Å². The number of carboxylic acid groups (broad SMARTS) is 1. The van der Waals surface area contributed by atoms with Crippen molar-refractivity contribution in [1.82, 2.24) is 9.80 Å². The average Bonchev–Trinajstić information content (AvgIpc) is 2.50. The van der Waals surface area contributed by atoms with Gasteiger partial charge >= 0.3 is 5.97 Å². The topological polar surface area (TPSA) is 60.9 Å². The van der Waals surface area contributed by atoms with Crippen LogP contribution in [0, 0.1) is 0 Å². The summed E-state index contributed by atoms with van der Waals surface area (Å²) in [5, 5.41) is 10.0. The molecule has 0 bridgehead atoms. The lowest BCUT2D eigenvalue weighted by Gasteiger charge is -2.55. The van der Waals surface area contributed by atoms with Gasteiger partial charge in [0.05, 0.1) is 5.54 Å². The van der Waals surface area contributed by atoms with Gasteiger partial charge in [0.2, 0.25) is 0 Å². The molecule has 0 aliphatic carbocycles. The molecule has 1 amide bonds. The number of aliphatic carboxylic acids is 1. The molecule has 2 aliphatic rings. The lowest BCUT2D eigenvalue weighted by atomic mass is 9.67. The fourth-order valence-electron chi connectivity index (χ4n) is 4.35. The summed E-state index contributed by atoms with van der Waals surface area (Å²) in [6.45, 7) is 5.57. The highest BCUT2D eigenvalue weighted by atomic mass is 16.4. The number of hydrogen-bond donors (Lipinski definition) is 1. The summed E-state index contributed by atoms with van der Waals surface area (Å²) >= 11 is 0. The summed E-state index contributed by atoms with van der Waals surface area (Å²) in [5.41, 5.74) is 0.586. The van der Waals surface area contributed by atoms with Crippen molar-refractivity contribution in [2.24, 2.45) is 0 Å². The van der Waals surface area contributed by atoms with Crippen molar-refractivity contribution in [1.29, 1.82) is 0 Å². The summed E-state index contributed by atoms with van der Waals surface area (Å²) in [5.74, 6) is -1.52. The van der Waals surface area contributed by atoms with Crippen molar-refractivity contribution in [3.8, 4) is 0 Å². The second-order valence-corrected chi connectivity index (χ2v) is 7.03. The number of carbonyl (C=O) groups is 2. The first kappa shape index (κ1) is 16.0. The van der Waals surface area contributed by atoms with E-state index in [4.69, 9.17) is 0 Å². The van der Waals surface area contributed by atoms with Crippen LogP contribution < -0.4 is 0 Å². The third-order valence-corrected chi connectivity index (χ3v) is 5.35. The molecule has 1 spiro atoms. The van der Waals surface area contributed by atoms with Crippen LogP contribution in [0.3, 0.4) is 0 Å². The Morgan fingerprint density at radius 3 is 2.43 bits per heavy atom. The Morgan fingerprint density at radius 2 is 1.87 bits per heavy atom. The summed E-state index contributed by atoms with van der Waals surface area (Å²) in [6.07, 6.45) is 1.39. The van der Waals surface area contributed by atoms with E-state index in [9.17, 15) is 14.7 Å². The minimum absolute atomic E-state index is 0.0267. The van der Waals surface area contributed by atoms with Gasteiger partial charge in [-0.25, -0.2) is 0 Å². The van der Waals surface area contributed by atoms with Crippen LogP contribution in [0.15, 0.2) is 24.3 Å². The zero-order chi connectivity index (χ0) is 16.8. The van der Waals surface area contributed by atoms with Crippen LogP contribution >= 0.6 is 0 Å². The number of rotatable bonds is 2. The monoisotopic (exact) mass is 316 g/mol. The quantitative estimate of drug-likeness (QED) is 0.908. The van der Waals surface area contributed by atoms with E-state index < -0.39 is 17.4 Å². The zero-order valence-corrected chi connectivity index (χ0v) is 14.0. The third-order valence-electron chi connectivity index (χ3n) is 5.35. The first-order chi connectivity index (χ1) is 10.9. The van der Waals surface area contributed by atoms with Gasteiger partial charge in [-0.05, 0) is 45.4 Å². The first-order valence-corrected chi connectivity index (χ1v) is 8.22. The molecule has 1 aromatic rings. The van der Waals surface area contributed by atoms with Gasteiger partial charge in [-0.1, -0.05) is 18.2 Å². The molecule has 5 heteroatoms. The maximum absolute atomic E-state index is 13.1. The maximum Gasteiger partial charge on any atom is 0.313 e. The zero-order valence-electron chi connectivity index (χ0n) is 14.0. The molecule has 2 aliphatic heterocycles. The minimum Gasteiger partial charge on any atom is -0.481 e. The number of nitrogens with zero attached hydrogens (tertiary/aromatic N) is 2. The number of amides is 1. The molecule has 124 valence electrons. The van der Waals surface area contributed by atoms with Gasteiger partial charge in [0, 0.05) is 24.7 Å². The fraction of sp³-hybridized carbons (Fsp3) is 0.556. The van der Waals surface area contributed by atoms with Gasteiger partial charge in [-0.15, -0.1) is 0 Å². The Labute approximate surface area is 136 Å². The molecule has 1 N–H and O–H groups in total. The number of hydrogen-bond acceptors (Lipinski definition) is 3. The summed E-state index contributed by atoms with van der Waals surface area (Å²) in [7, 11) is 2.04. The third kappa shape index (κ3) is 2.34. The van der Waals surface area contributed by atoms with E-state index in [0.717, 1.165) is 13.1 Å². The smallest absolute Gasteiger partial charge is 0.313 e. The molecule has 3 rings (SSSR count). The van der Waals surface area contributed by atoms with Crippen LogP contribution in [0.25, 0.3) is 0 Å². The van der Waals surface area contributed by atoms with Crippen LogP contribution in [0.4, 0.5) is 0 Å². The van der Waals surface area contributed by atoms with Crippen LogP contribution in [0.2, 0.25) is 0 Å². The highest BCUT2D eigenvalue weighted by molar-refractivity contribution is 6.01. The van der Waals surface area contributed by atoms with Crippen molar-refractivity contribution in [2.75, 3.05) is 20.1 Å². The Hall–Kier alpha value is -1.88. The number of fused-ring (bicyclic) bond motifs is 1. The van der Waals surface area contributed by atoms with Crippen LogP contribution in [-0.2, 0) is 4.79 Å². The molecule has 1 unspecified atom stereocenters. The van der Waals surface area contributed by atoms with Gasteiger partial charge < -0.3 is 14.9 Å². The predicted molar refractivity (Wildman–Crippen MR) is 87.6 cm³/mol. The molecule has 1 fully saturated rings. The van der Waals surface area contributed by atoms with Gasteiger partial charge in [0.1, 0.15) is 5.92 Å². The highest BCUT2D eigenvalue weighted by Crippen LogP contribution is 2.47. The van der Waals surface area contributed by atoms with Crippen molar-refractivity contribution in [3.63, 3.8) is 0 Å². The van der Waals surface area contributed by atoms with E-state index in [1.807, 2.05) is 37.9 Å². The Bertz CT molecular complexity index is 633. The Morgan fingerprint density at radius 1 is 1.26 bits per heavy atom. The molecule has 0 aromatic heterocycles. The molecular formula is C18H24N2O3. The normalized spacial score (nSPS) is 24.1. The van der Waals surface area contributed by atoms with Gasteiger partial charge in [-0.3, -0.25) is 9.59 Å². The molecular weight excluding hydrogens is 292 g/mol. The van der Waals surface area contributed by atoms with Crippen LogP contribution in [0.1, 0.15) is 48.5 Å². The molecule has 2 heterocycles. The molecule has 23 heavy (non-hydrogen) atoms. The molecule has 0 radical (unpaired) electrons. The lowest BCUT2D eigenvalue weighted by molar-refractivity contribution is -0.145. The lowest BCUT2D eigenvalue weighted by Crippen LogP contribution is -2.65. The number of carboxylic acids is 1. The molecule has 1 aromatic carbocycles. The molecule has 1 atom stereocenters. The van der Waals surface area contributed by atoms with E-state index >= 15 is 0 Å². The van der Waals surface area contributed by atoms with Crippen LogP contribution in [-0.4, -0.2) is 58.5 Å². The second-order valence-electron chi connectivity index (χ2n) is 7.03.